The monoisotopic (exact) mass is 255 g/mol. The Morgan fingerprint density at radius 1 is 1.39 bits per heavy atom. The zero-order chi connectivity index (χ0) is 13.9. The van der Waals surface area contributed by atoms with Crippen LogP contribution in [0.2, 0.25) is 0 Å². The number of nitrogens with one attached hydrogen (secondary N) is 1. The molecule has 3 N–H and O–H groups in total. The first kappa shape index (κ1) is 15.0. The molecular formula is C13H25N3O2. The Labute approximate surface area is 109 Å². The van der Waals surface area contributed by atoms with Crippen molar-refractivity contribution in [3.63, 3.8) is 0 Å². The maximum Gasteiger partial charge on any atom is 0.240 e. The second-order valence-corrected chi connectivity index (χ2v) is 6.08. The molecule has 1 aliphatic rings. The second-order valence-electron chi connectivity index (χ2n) is 6.08. The summed E-state index contributed by atoms with van der Waals surface area (Å²) in [5, 5.41) is 2.65. The van der Waals surface area contributed by atoms with Crippen LogP contribution in [0.5, 0.6) is 0 Å². The minimum atomic E-state index is -0.513. The number of hydrogen-bond acceptors (Lipinski definition) is 3. The number of piperidine rings is 1. The zero-order valence-electron chi connectivity index (χ0n) is 11.8. The largest absolute Gasteiger partial charge is 0.359 e. The molecule has 0 spiro atoms. The first-order valence-electron chi connectivity index (χ1n) is 6.53. The Kier molecular flexibility index (Phi) is 4.73. The van der Waals surface area contributed by atoms with Gasteiger partial charge in [0.1, 0.15) is 0 Å². The lowest BCUT2D eigenvalue weighted by atomic mass is 9.85. The van der Waals surface area contributed by atoms with Gasteiger partial charge in [-0.25, -0.2) is 0 Å². The van der Waals surface area contributed by atoms with E-state index in [9.17, 15) is 9.59 Å². The minimum absolute atomic E-state index is 0.0110. The van der Waals surface area contributed by atoms with Gasteiger partial charge in [-0.2, -0.15) is 0 Å². The van der Waals surface area contributed by atoms with E-state index in [1.807, 2.05) is 20.8 Å². The van der Waals surface area contributed by atoms with Crippen LogP contribution in [0, 0.1) is 11.3 Å². The smallest absolute Gasteiger partial charge is 0.240 e. The summed E-state index contributed by atoms with van der Waals surface area (Å²) in [6.07, 6.45) is 1.70. The molecule has 5 nitrogen and oxygen atoms in total. The molecule has 1 aliphatic heterocycles. The van der Waals surface area contributed by atoms with E-state index in [0.29, 0.717) is 13.1 Å². The summed E-state index contributed by atoms with van der Waals surface area (Å²) in [5.41, 5.74) is 5.73. The van der Waals surface area contributed by atoms with Crippen LogP contribution in [-0.2, 0) is 9.59 Å². The lowest BCUT2D eigenvalue weighted by Crippen LogP contribution is -2.54. The normalized spacial score (nSPS) is 22.5. The number of carbonyl (C=O) groups is 2. The van der Waals surface area contributed by atoms with E-state index in [-0.39, 0.29) is 23.1 Å². The van der Waals surface area contributed by atoms with Gasteiger partial charge in [-0.15, -0.1) is 0 Å². The molecule has 0 aromatic rings. The van der Waals surface area contributed by atoms with Crippen LogP contribution >= 0.6 is 0 Å². The minimum Gasteiger partial charge on any atom is -0.359 e. The SMILES string of the molecule is CNC(=O)C1CCCN(C(=O)C(N)C(C)(C)C)C1. The summed E-state index contributed by atoms with van der Waals surface area (Å²) in [6.45, 7) is 7.06. The Bertz CT molecular complexity index is 323. The highest BCUT2D eigenvalue weighted by Gasteiger charge is 2.34. The maximum absolute atomic E-state index is 12.3. The van der Waals surface area contributed by atoms with Crippen molar-refractivity contribution < 1.29 is 9.59 Å². The number of amides is 2. The number of rotatable bonds is 2. The van der Waals surface area contributed by atoms with Gasteiger partial charge in [-0.05, 0) is 18.3 Å². The van der Waals surface area contributed by atoms with Gasteiger partial charge in [0.25, 0.3) is 0 Å². The Morgan fingerprint density at radius 2 is 2.00 bits per heavy atom. The zero-order valence-corrected chi connectivity index (χ0v) is 11.8. The quantitative estimate of drug-likeness (QED) is 0.747. The average molecular weight is 255 g/mol. The van der Waals surface area contributed by atoms with Crippen LogP contribution in [0.25, 0.3) is 0 Å². The van der Waals surface area contributed by atoms with E-state index in [1.54, 1.807) is 11.9 Å². The number of carbonyl (C=O) groups excluding carboxylic acids is 2. The van der Waals surface area contributed by atoms with Gasteiger partial charge in [0.15, 0.2) is 0 Å². The Balaban J connectivity index is 2.67. The van der Waals surface area contributed by atoms with Crippen molar-refractivity contribution in [2.45, 2.75) is 39.7 Å². The molecule has 0 aliphatic carbocycles. The first-order valence-corrected chi connectivity index (χ1v) is 6.53. The number of nitrogens with two attached hydrogens (primary N) is 1. The van der Waals surface area contributed by atoms with Crippen molar-refractivity contribution in [2.24, 2.45) is 17.1 Å². The predicted octanol–water partition coefficient (Wildman–Crippen LogP) is 0.344. The highest BCUT2D eigenvalue weighted by Crippen LogP contribution is 2.22. The molecule has 1 fully saturated rings. The van der Waals surface area contributed by atoms with Crippen molar-refractivity contribution >= 4 is 11.8 Å². The molecule has 0 aromatic carbocycles. The van der Waals surface area contributed by atoms with Crippen molar-refractivity contribution in [1.29, 1.82) is 0 Å². The van der Waals surface area contributed by atoms with Crippen molar-refractivity contribution in [3.8, 4) is 0 Å². The Morgan fingerprint density at radius 3 is 2.50 bits per heavy atom. The highest BCUT2D eigenvalue weighted by molar-refractivity contribution is 5.84. The highest BCUT2D eigenvalue weighted by atomic mass is 16.2. The van der Waals surface area contributed by atoms with Gasteiger partial charge in [0.2, 0.25) is 11.8 Å². The lowest BCUT2D eigenvalue weighted by Gasteiger charge is -2.36. The summed E-state index contributed by atoms with van der Waals surface area (Å²) in [5.74, 6) is -0.132. The fourth-order valence-corrected chi connectivity index (χ4v) is 2.16. The van der Waals surface area contributed by atoms with Crippen LogP contribution in [0.4, 0.5) is 0 Å². The van der Waals surface area contributed by atoms with E-state index < -0.39 is 6.04 Å². The molecule has 104 valence electrons. The molecule has 0 radical (unpaired) electrons. The van der Waals surface area contributed by atoms with Crippen LogP contribution in [0.3, 0.4) is 0 Å². The molecule has 2 atom stereocenters. The summed E-state index contributed by atoms with van der Waals surface area (Å²) >= 11 is 0. The first-order chi connectivity index (χ1) is 8.27. The van der Waals surface area contributed by atoms with Crippen molar-refractivity contribution in [2.75, 3.05) is 20.1 Å². The molecule has 0 bridgehead atoms. The summed E-state index contributed by atoms with van der Waals surface area (Å²) in [4.78, 5) is 25.6. The molecule has 2 unspecified atom stereocenters. The number of nitrogens with zero attached hydrogens (tertiary/aromatic N) is 1. The maximum atomic E-state index is 12.3. The third kappa shape index (κ3) is 3.45. The van der Waals surface area contributed by atoms with Crippen LogP contribution < -0.4 is 11.1 Å². The molecule has 5 heteroatoms. The van der Waals surface area contributed by atoms with Crippen LogP contribution in [0.1, 0.15) is 33.6 Å². The molecule has 18 heavy (non-hydrogen) atoms. The number of hydrogen-bond donors (Lipinski definition) is 2. The molecule has 1 saturated heterocycles. The van der Waals surface area contributed by atoms with Crippen LogP contribution in [-0.4, -0.2) is 42.9 Å². The van der Waals surface area contributed by atoms with Gasteiger partial charge in [-0.3, -0.25) is 9.59 Å². The second kappa shape index (κ2) is 5.69. The average Bonchev–Trinajstić information content (AvgIpc) is 2.35. The van der Waals surface area contributed by atoms with Crippen molar-refractivity contribution in [3.05, 3.63) is 0 Å². The molecule has 1 heterocycles. The predicted molar refractivity (Wildman–Crippen MR) is 70.8 cm³/mol. The fraction of sp³-hybridized carbons (Fsp3) is 0.846. The molecular weight excluding hydrogens is 230 g/mol. The number of likely N-dealkylation sites (tertiary alicyclic amines) is 1. The van der Waals surface area contributed by atoms with Gasteiger partial charge in [0.05, 0.1) is 12.0 Å². The van der Waals surface area contributed by atoms with Crippen molar-refractivity contribution in [1.82, 2.24) is 10.2 Å². The third-order valence-electron chi connectivity index (χ3n) is 3.55. The summed E-state index contributed by atoms with van der Waals surface area (Å²) in [7, 11) is 1.63. The van der Waals surface area contributed by atoms with E-state index in [2.05, 4.69) is 5.32 Å². The molecule has 1 rings (SSSR count). The van der Waals surface area contributed by atoms with E-state index >= 15 is 0 Å². The molecule has 2 amide bonds. The van der Waals surface area contributed by atoms with E-state index in [0.717, 1.165) is 12.8 Å². The van der Waals surface area contributed by atoms with Gasteiger partial charge in [-0.1, -0.05) is 20.8 Å². The van der Waals surface area contributed by atoms with Gasteiger partial charge in [0, 0.05) is 20.1 Å². The topological polar surface area (TPSA) is 75.4 Å². The summed E-state index contributed by atoms with van der Waals surface area (Å²) in [6, 6.07) is -0.513. The summed E-state index contributed by atoms with van der Waals surface area (Å²) < 4.78 is 0. The van der Waals surface area contributed by atoms with Gasteiger partial charge < -0.3 is 16.0 Å². The Hall–Kier alpha value is -1.10. The standard InChI is InChI=1S/C13H25N3O2/c1-13(2,3)10(14)12(18)16-7-5-6-9(8-16)11(17)15-4/h9-10H,5-8,14H2,1-4H3,(H,15,17). The van der Waals surface area contributed by atoms with Gasteiger partial charge >= 0.3 is 0 Å². The molecule has 0 saturated carbocycles. The fourth-order valence-electron chi connectivity index (χ4n) is 2.16. The van der Waals surface area contributed by atoms with Crippen LogP contribution in [0.15, 0.2) is 0 Å². The molecule has 0 aromatic heterocycles. The third-order valence-corrected chi connectivity index (χ3v) is 3.55. The van der Waals surface area contributed by atoms with E-state index in [1.165, 1.54) is 0 Å². The van der Waals surface area contributed by atoms with E-state index in [4.69, 9.17) is 5.73 Å². The lowest BCUT2D eigenvalue weighted by molar-refractivity contribution is -0.138.